The van der Waals surface area contributed by atoms with Crippen LogP contribution in [0, 0.1) is 0 Å². The Hall–Kier alpha value is -0.870. The third-order valence-corrected chi connectivity index (χ3v) is 3.65. The van der Waals surface area contributed by atoms with Gasteiger partial charge in [0.2, 0.25) is 0 Å². The summed E-state index contributed by atoms with van der Waals surface area (Å²) in [5, 5.41) is 4.33. The fourth-order valence-electron chi connectivity index (χ4n) is 2.72. The molecule has 0 radical (unpaired) electrons. The van der Waals surface area contributed by atoms with Crippen molar-refractivity contribution in [2.45, 2.75) is 51.7 Å². The van der Waals surface area contributed by atoms with Gasteiger partial charge in [-0.1, -0.05) is 12.8 Å². The van der Waals surface area contributed by atoms with Crippen LogP contribution in [0.2, 0.25) is 0 Å². The normalized spacial score (nSPS) is 17.1. The zero-order chi connectivity index (χ0) is 12.1. The summed E-state index contributed by atoms with van der Waals surface area (Å²) in [6, 6.07) is 0.739. The maximum atomic E-state index is 5.72. The van der Waals surface area contributed by atoms with Gasteiger partial charge in [0.25, 0.3) is 0 Å². The lowest BCUT2D eigenvalue weighted by Gasteiger charge is -2.27. The Balaban J connectivity index is 1.96. The summed E-state index contributed by atoms with van der Waals surface area (Å²) in [6.07, 6.45) is 9.56. The highest BCUT2D eigenvalue weighted by atomic mass is 15.3. The fourth-order valence-corrected chi connectivity index (χ4v) is 2.72. The molecule has 17 heavy (non-hydrogen) atoms. The molecule has 0 bridgehead atoms. The molecular weight excluding hydrogens is 212 g/mol. The molecule has 2 rings (SSSR count). The van der Waals surface area contributed by atoms with Gasteiger partial charge in [0.1, 0.15) is 0 Å². The van der Waals surface area contributed by atoms with E-state index in [1.54, 1.807) is 0 Å². The van der Waals surface area contributed by atoms with Crippen LogP contribution < -0.4 is 5.73 Å². The van der Waals surface area contributed by atoms with Crippen molar-refractivity contribution < 1.29 is 0 Å². The lowest BCUT2D eigenvalue weighted by Crippen LogP contribution is -2.36. The highest BCUT2D eigenvalue weighted by molar-refractivity contribution is 5.04. The molecule has 0 amide bonds. The molecule has 0 aromatic carbocycles. The van der Waals surface area contributed by atoms with Crippen LogP contribution in [0.15, 0.2) is 12.4 Å². The third kappa shape index (κ3) is 3.30. The molecular formula is C13H24N4. The van der Waals surface area contributed by atoms with E-state index in [0.717, 1.165) is 32.2 Å². The minimum absolute atomic E-state index is 0.739. The topological polar surface area (TPSA) is 47.1 Å². The number of nitrogens with two attached hydrogens (primary N) is 1. The summed E-state index contributed by atoms with van der Waals surface area (Å²) in [5.41, 5.74) is 7.03. The summed E-state index contributed by atoms with van der Waals surface area (Å²) in [6.45, 7) is 5.81. The number of aromatic nitrogens is 2. The molecule has 1 saturated carbocycles. The molecule has 1 aliphatic carbocycles. The van der Waals surface area contributed by atoms with Gasteiger partial charge in [0, 0.05) is 44.0 Å². The van der Waals surface area contributed by atoms with E-state index in [1.165, 1.54) is 31.2 Å². The summed E-state index contributed by atoms with van der Waals surface area (Å²) in [5.74, 6) is 0. The van der Waals surface area contributed by atoms with Gasteiger partial charge in [-0.05, 0) is 19.8 Å². The molecule has 2 N–H and O–H groups in total. The lowest BCUT2D eigenvalue weighted by atomic mass is 10.2. The molecule has 1 aromatic heterocycles. The Morgan fingerprint density at radius 3 is 2.82 bits per heavy atom. The van der Waals surface area contributed by atoms with E-state index >= 15 is 0 Å². The summed E-state index contributed by atoms with van der Waals surface area (Å²) >= 11 is 0. The maximum absolute atomic E-state index is 5.72. The van der Waals surface area contributed by atoms with Crippen molar-refractivity contribution in [3.05, 3.63) is 18.0 Å². The average Bonchev–Trinajstić information content (AvgIpc) is 2.99. The first-order valence-corrected chi connectivity index (χ1v) is 6.79. The van der Waals surface area contributed by atoms with Gasteiger partial charge in [-0.3, -0.25) is 9.58 Å². The van der Waals surface area contributed by atoms with Crippen molar-refractivity contribution in [3.63, 3.8) is 0 Å². The van der Waals surface area contributed by atoms with E-state index in [9.17, 15) is 0 Å². The number of hydrogen-bond acceptors (Lipinski definition) is 3. The predicted octanol–water partition coefficient (Wildman–Crippen LogP) is 1.61. The van der Waals surface area contributed by atoms with Crippen molar-refractivity contribution in [2.24, 2.45) is 5.73 Å². The summed E-state index contributed by atoms with van der Waals surface area (Å²) in [4.78, 5) is 2.53. The molecule has 0 unspecified atom stereocenters. The van der Waals surface area contributed by atoms with E-state index in [1.807, 2.05) is 10.9 Å². The highest BCUT2D eigenvalue weighted by Crippen LogP contribution is 2.24. The van der Waals surface area contributed by atoms with Crippen molar-refractivity contribution in [1.82, 2.24) is 14.7 Å². The zero-order valence-electron chi connectivity index (χ0n) is 10.8. The molecule has 4 heteroatoms. The van der Waals surface area contributed by atoms with Gasteiger partial charge in [0.15, 0.2) is 0 Å². The maximum Gasteiger partial charge on any atom is 0.0534 e. The van der Waals surface area contributed by atoms with Crippen molar-refractivity contribution in [1.29, 1.82) is 0 Å². The Kier molecular flexibility index (Phi) is 4.57. The highest BCUT2D eigenvalue weighted by Gasteiger charge is 2.22. The molecule has 4 nitrogen and oxygen atoms in total. The quantitative estimate of drug-likeness (QED) is 0.816. The third-order valence-electron chi connectivity index (χ3n) is 3.65. The Morgan fingerprint density at radius 1 is 1.47 bits per heavy atom. The van der Waals surface area contributed by atoms with Gasteiger partial charge in [-0.2, -0.15) is 5.10 Å². The van der Waals surface area contributed by atoms with Gasteiger partial charge < -0.3 is 5.73 Å². The smallest absolute Gasteiger partial charge is 0.0534 e. The largest absolute Gasteiger partial charge is 0.329 e. The van der Waals surface area contributed by atoms with Crippen molar-refractivity contribution >= 4 is 0 Å². The van der Waals surface area contributed by atoms with E-state index in [4.69, 9.17) is 5.73 Å². The van der Waals surface area contributed by atoms with Gasteiger partial charge in [0.05, 0.1) is 6.20 Å². The molecule has 96 valence electrons. The van der Waals surface area contributed by atoms with E-state index in [2.05, 4.69) is 23.1 Å². The average molecular weight is 236 g/mol. The van der Waals surface area contributed by atoms with Crippen LogP contribution >= 0.6 is 0 Å². The van der Waals surface area contributed by atoms with Crippen LogP contribution in [0.4, 0.5) is 0 Å². The minimum atomic E-state index is 0.739. The van der Waals surface area contributed by atoms with Crippen molar-refractivity contribution in [2.75, 3.05) is 13.1 Å². The summed E-state index contributed by atoms with van der Waals surface area (Å²) < 4.78 is 1.99. The molecule has 0 saturated heterocycles. The van der Waals surface area contributed by atoms with E-state index < -0.39 is 0 Å². The van der Waals surface area contributed by atoms with Gasteiger partial charge in [-0.15, -0.1) is 0 Å². The van der Waals surface area contributed by atoms with Crippen LogP contribution in [-0.2, 0) is 13.1 Å². The minimum Gasteiger partial charge on any atom is -0.329 e. The number of aryl methyl sites for hydroxylation is 1. The van der Waals surface area contributed by atoms with E-state index in [0.29, 0.717) is 0 Å². The van der Waals surface area contributed by atoms with E-state index in [-0.39, 0.29) is 0 Å². The molecule has 0 atom stereocenters. The molecule has 1 fully saturated rings. The Morgan fingerprint density at radius 2 is 2.24 bits per heavy atom. The second kappa shape index (κ2) is 6.17. The predicted molar refractivity (Wildman–Crippen MR) is 69.6 cm³/mol. The van der Waals surface area contributed by atoms with Crippen molar-refractivity contribution in [3.8, 4) is 0 Å². The number of rotatable bonds is 6. The second-order valence-corrected chi connectivity index (χ2v) is 4.90. The monoisotopic (exact) mass is 236 g/mol. The number of hydrogen-bond donors (Lipinski definition) is 1. The van der Waals surface area contributed by atoms with Gasteiger partial charge >= 0.3 is 0 Å². The number of nitrogens with zero attached hydrogens (tertiary/aromatic N) is 3. The first kappa shape index (κ1) is 12.6. The Labute approximate surface area is 104 Å². The van der Waals surface area contributed by atoms with Crippen LogP contribution in [0.1, 0.15) is 38.2 Å². The zero-order valence-corrected chi connectivity index (χ0v) is 10.8. The van der Waals surface area contributed by atoms with Crippen LogP contribution in [0.25, 0.3) is 0 Å². The molecule has 1 heterocycles. The molecule has 0 aliphatic heterocycles. The fraction of sp³-hybridized carbons (Fsp3) is 0.769. The molecule has 1 aliphatic rings. The van der Waals surface area contributed by atoms with Crippen LogP contribution in [-0.4, -0.2) is 33.8 Å². The Bertz CT molecular complexity index is 328. The summed E-state index contributed by atoms with van der Waals surface area (Å²) in [7, 11) is 0. The lowest BCUT2D eigenvalue weighted by molar-refractivity contribution is 0.195. The standard InChI is InChI=1S/C13H24N4/c1-2-17-11-12(9-15-17)10-16(8-7-14)13-5-3-4-6-13/h9,11,13H,2-8,10,14H2,1H3. The second-order valence-electron chi connectivity index (χ2n) is 4.90. The van der Waals surface area contributed by atoms with Crippen LogP contribution in [0.3, 0.4) is 0 Å². The first-order chi connectivity index (χ1) is 8.33. The molecule has 0 spiro atoms. The first-order valence-electron chi connectivity index (χ1n) is 6.79. The SMILES string of the molecule is CCn1cc(CN(CCN)C2CCCC2)cn1. The van der Waals surface area contributed by atoms with Gasteiger partial charge in [-0.25, -0.2) is 0 Å². The van der Waals surface area contributed by atoms with Crippen LogP contribution in [0.5, 0.6) is 0 Å². The molecule has 1 aromatic rings.